The molecule has 0 N–H and O–H groups in total. The number of unbranched alkanes of at least 4 members (excludes halogenated alkanes) is 1. The van der Waals surface area contributed by atoms with Gasteiger partial charge in [-0.05, 0) is 44.2 Å². The standard InChI is InChI=1S/C17H22N2O3/c1-21-15-9-4-8-14-16(15)17(20)19(12-18-14)10-3-2-6-13-7-5-11-22-13/h4,8-9,12-13H,2-3,5-7,10-11H2,1H3. The van der Waals surface area contributed by atoms with Crippen molar-refractivity contribution in [3.63, 3.8) is 0 Å². The SMILES string of the molecule is COc1cccc2ncn(CCCCC3CCCO3)c(=O)c12. The van der Waals surface area contributed by atoms with Gasteiger partial charge in [0.05, 0.1) is 25.1 Å². The van der Waals surface area contributed by atoms with Crippen LogP contribution in [0.4, 0.5) is 0 Å². The highest BCUT2D eigenvalue weighted by Gasteiger charge is 2.14. The fourth-order valence-corrected chi connectivity index (χ4v) is 3.03. The molecule has 5 heteroatoms. The molecule has 0 aliphatic carbocycles. The number of hydrogen-bond acceptors (Lipinski definition) is 4. The molecule has 1 atom stereocenters. The lowest BCUT2D eigenvalue weighted by Crippen LogP contribution is -2.21. The first-order valence-electron chi connectivity index (χ1n) is 7.93. The van der Waals surface area contributed by atoms with Gasteiger partial charge in [0.25, 0.3) is 5.56 Å². The fourth-order valence-electron chi connectivity index (χ4n) is 3.03. The van der Waals surface area contributed by atoms with E-state index in [2.05, 4.69) is 4.98 Å². The van der Waals surface area contributed by atoms with Gasteiger partial charge in [0, 0.05) is 13.2 Å². The molecule has 0 spiro atoms. The van der Waals surface area contributed by atoms with Gasteiger partial charge in [0.15, 0.2) is 0 Å². The van der Waals surface area contributed by atoms with Crippen LogP contribution in [0.2, 0.25) is 0 Å². The maximum absolute atomic E-state index is 12.6. The highest BCUT2D eigenvalue weighted by molar-refractivity contribution is 5.83. The van der Waals surface area contributed by atoms with Crippen molar-refractivity contribution in [3.05, 3.63) is 34.9 Å². The number of benzene rings is 1. The highest BCUT2D eigenvalue weighted by atomic mass is 16.5. The van der Waals surface area contributed by atoms with E-state index in [4.69, 9.17) is 9.47 Å². The van der Waals surface area contributed by atoms with Crippen molar-refractivity contribution in [1.29, 1.82) is 0 Å². The Labute approximate surface area is 129 Å². The van der Waals surface area contributed by atoms with Gasteiger partial charge in [-0.1, -0.05) is 6.07 Å². The minimum absolute atomic E-state index is 0.0282. The summed E-state index contributed by atoms with van der Waals surface area (Å²) in [6.07, 6.45) is 7.53. The maximum atomic E-state index is 12.6. The van der Waals surface area contributed by atoms with Crippen molar-refractivity contribution in [3.8, 4) is 5.75 Å². The quantitative estimate of drug-likeness (QED) is 0.770. The highest BCUT2D eigenvalue weighted by Crippen LogP contribution is 2.20. The van der Waals surface area contributed by atoms with Crippen LogP contribution in [-0.2, 0) is 11.3 Å². The van der Waals surface area contributed by atoms with Crippen LogP contribution < -0.4 is 10.3 Å². The monoisotopic (exact) mass is 302 g/mol. The number of ether oxygens (including phenoxy) is 2. The van der Waals surface area contributed by atoms with Crippen molar-refractivity contribution in [1.82, 2.24) is 9.55 Å². The van der Waals surface area contributed by atoms with E-state index >= 15 is 0 Å². The average Bonchev–Trinajstić information content (AvgIpc) is 3.06. The Balaban J connectivity index is 1.68. The van der Waals surface area contributed by atoms with E-state index in [0.717, 1.165) is 25.9 Å². The maximum Gasteiger partial charge on any atom is 0.264 e. The summed E-state index contributed by atoms with van der Waals surface area (Å²) < 4.78 is 12.6. The van der Waals surface area contributed by atoms with Crippen LogP contribution in [-0.4, -0.2) is 29.4 Å². The molecular formula is C17H22N2O3. The molecule has 118 valence electrons. The molecule has 1 saturated heterocycles. The van der Waals surface area contributed by atoms with Crippen LogP contribution in [0.25, 0.3) is 10.9 Å². The number of aryl methyl sites for hydroxylation is 1. The predicted molar refractivity (Wildman–Crippen MR) is 85.4 cm³/mol. The molecule has 1 aromatic carbocycles. The molecule has 1 aliphatic heterocycles. The Kier molecular flexibility index (Phi) is 4.73. The van der Waals surface area contributed by atoms with Gasteiger partial charge in [-0.25, -0.2) is 4.98 Å². The molecule has 2 heterocycles. The molecule has 1 aromatic heterocycles. The van der Waals surface area contributed by atoms with E-state index in [1.54, 1.807) is 24.1 Å². The summed E-state index contributed by atoms with van der Waals surface area (Å²) in [4.78, 5) is 16.9. The molecule has 0 bridgehead atoms. The van der Waals surface area contributed by atoms with Crippen LogP contribution in [0, 0.1) is 0 Å². The molecule has 1 aliphatic rings. The lowest BCUT2D eigenvalue weighted by Gasteiger charge is -2.10. The second-order valence-corrected chi connectivity index (χ2v) is 5.73. The third-order valence-corrected chi connectivity index (χ3v) is 4.23. The van der Waals surface area contributed by atoms with Gasteiger partial charge < -0.3 is 9.47 Å². The molecule has 3 rings (SSSR count). The Morgan fingerprint density at radius 3 is 3.09 bits per heavy atom. The van der Waals surface area contributed by atoms with Gasteiger partial charge >= 0.3 is 0 Å². The van der Waals surface area contributed by atoms with E-state index < -0.39 is 0 Å². The lowest BCUT2D eigenvalue weighted by molar-refractivity contribution is 0.102. The number of nitrogens with zero attached hydrogens (tertiary/aromatic N) is 2. The zero-order valence-corrected chi connectivity index (χ0v) is 13.0. The molecular weight excluding hydrogens is 280 g/mol. The van der Waals surface area contributed by atoms with Crippen LogP contribution in [0.15, 0.2) is 29.3 Å². The first-order valence-corrected chi connectivity index (χ1v) is 7.93. The first-order chi connectivity index (χ1) is 10.8. The molecule has 2 aromatic rings. The number of fused-ring (bicyclic) bond motifs is 1. The zero-order chi connectivity index (χ0) is 15.4. The van der Waals surface area contributed by atoms with Gasteiger partial charge in [0.2, 0.25) is 0 Å². The molecule has 0 amide bonds. The normalized spacial score (nSPS) is 18.0. The van der Waals surface area contributed by atoms with Gasteiger partial charge in [-0.15, -0.1) is 0 Å². The summed E-state index contributed by atoms with van der Waals surface area (Å²) in [7, 11) is 1.58. The molecule has 22 heavy (non-hydrogen) atoms. The van der Waals surface area contributed by atoms with E-state index in [9.17, 15) is 4.79 Å². The van der Waals surface area contributed by atoms with Crippen LogP contribution >= 0.6 is 0 Å². The summed E-state index contributed by atoms with van der Waals surface area (Å²) in [6, 6.07) is 5.48. The van der Waals surface area contributed by atoms with Crippen molar-refractivity contribution in [2.75, 3.05) is 13.7 Å². The Bertz CT molecular complexity index is 690. The molecule has 1 unspecified atom stereocenters. The minimum atomic E-state index is -0.0282. The lowest BCUT2D eigenvalue weighted by atomic mass is 10.1. The number of rotatable bonds is 6. The molecule has 0 saturated carbocycles. The van der Waals surface area contributed by atoms with E-state index in [0.29, 0.717) is 29.3 Å². The van der Waals surface area contributed by atoms with Crippen LogP contribution in [0.5, 0.6) is 5.75 Å². The Hall–Kier alpha value is -1.88. The summed E-state index contributed by atoms with van der Waals surface area (Å²) in [6.45, 7) is 1.59. The fraction of sp³-hybridized carbons (Fsp3) is 0.529. The van der Waals surface area contributed by atoms with Crippen LogP contribution in [0.3, 0.4) is 0 Å². The summed E-state index contributed by atoms with van der Waals surface area (Å²) >= 11 is 0. The molecule has 5 nitrogen and oxygen atoms in total. The summed E-state index contributed by atoms with van der Waals surface area (Å²) in [5.41, 5.74) is 0.652. The number of hydrogen-bond donors (Lipinski definition) is 0. The third kappa shape index (κ3) is 3.14. The van der Waals surface area contributed by atoms with Crippen molar-refractivity contribution < 1.29 is 9.47 Å². The number of aromatic nitrogens is 2. The average molecular weight is 302 g/mol. The van der Waals surface area contributed by atoms with Gasteiger partial charge in [-0.3, -0.25) is 9.36 Å². The van der Waals surface area contributed by atoms with E-state index in [1.807, 2.05) is 12.1 Å². The van der Waals surface area contributed by atoms with E-state index in [-0.39, 0.29) is 5.56 Å². The largest absolute Gasteiger partial charge is 0.496 e. The number of methoxy groups -OCH3 is 1. The minimum Gasteiger partial charge on any atom is -0.496 e. The second kappa shape index (κ2) is 6.92. The van der Waals surface area contributed by atoms with Crippen molar-refractivity contribution in [2.24, 2.45) is 0 Å². The second-order valence-electron chi connectivity index (χ2n) is 5.73. The van der Waals surface area contributed by atoms with Crippen molar-refractivity contribution in [2.45, 2.75) is 44.8 Å². The summed E-state index contributed by atoms with van der Waals surface area (Å²) in [5, 5.41) is 0.562. The van der Waals surface area contributed by atoms with E-state index in [1.165, 1.54) is 12.8 Å². The topological polar surface area (TPSA) is 53.4 Å². The zero-order valence-electron chi connectivity index (χ0n) is 13.0. The molecule has 0 radical (unpaired) electrons. The van der Waals surface area contributed by atoms with Gasteiger partial charge in [0.1, 0.15) is 11.1 Å². The Morgan fingerprint density at radius 1 is 1.41 bits per heavy atom. The third-order valence-electron chi connectivity index (χ3n) is 4.23. The summed E-state index contributed by atoms with van der Waals surface area (Å²) in [5.74, 6) is 0.587. The Morgan fingerprint density at radius 2 is 2.32 bits per heavy atom. The molecule has 1 fully saturated rings. The van der Waals surface area contributed by atoms with Crippen molar-refractivity contribution >= 4 is 10.9 Å². The predicted octanol–water partition coefficient (Wildman–Crippen LogP) is 2.75. The first kappa shape index (κ1) is 15.0. The van der Waals surface area contributed by atoms with Gasteiger partial charge in [-0.2, -0.15) is 0 Å². The van der Waals surface area contributed by atoms with Crippen LogP contribution in [0.1, 0.15) is 32.1 Å². The smallest absolute Gasteiger partial charge is 0.264 e.